The van der Waals surface area contributed by atoms with Gasteiger partial charge in [0.25, 0.3) is 0 Å². The van der Waals surface area contributed by atoms with E-state index in [1.165, 1.54) is 0 Å². The number of benzene rings is 2. The van der Waals surface area contributed by atoms with Crippen molar-refractivity contribution in [3.05, 3.63) is 81.2 Å². The fourth-order valence-corrected chi connectivity index (χ4v) is 4.19. The second kappa shape index (κ2) is 16.2. The van der Waals surface area contributed by atoms with Crippen molar-refractivity contribution in [2.45, 2.75) is 12.8 Å². The molecule has 0 atom stereocenters. The zero-order valence-electron chi connectivity index (χ0n) is 22.2. The molecule has 4 rings (SSSR count). The van der Waals surface area contributed by atoms with Gasteiger partial charge in [0, 0.05) is 10.9 Å². The van der Waals surface area contributed by atoms with Gasteiger partial charge in [-0.15, -0.1) is 0 Å². The fraction of sp³-hybridized carbons (Fsp3) is 0.467. The normalized spacial score (nSPS) is 17.9. The summed E-state index contributed by atoms with van der Waals surface area (Å²) in [5.74, 6) is -0.362. The lowest BCUT2D eigenvalue weighted by molar-refractivity contribution is -0.0167. The highest BCUT2D eigenvalue weighted by Crippen LogP contribution is 2.22. The first-order valence-electron chi connectivity index (χ1n) is 13.4. The van der Waals surface area contributed by atoms with Gasteiger partial charge in [0.1, 0.15) is 11.1 Å². The molecule has 0 spiro atoms. The highest BCUT2D eigenvalue weighted by molar-refractivity contribution is 6.09. The summed E-state index contributed by atoms with van der Waals surface area (Å²) in [6, 6.07) is 14.2. The van der Waals surface area contributed by atoms with Gasteiger partial charge >= 0.3 is 5.63 Å². The van der Waals surface area contributed by atoms with Crippen LogP contribution in [-0.4, -0.2) is 85.1 Å². The summed E-state index contributed by atoms with van der Waals surface area (Å²) in [6.07, 6.45) is 1.28. The molecule has 0 saturated heterocycles. The summed E-state index contributed by atoms with van der Waals surface area (Å²) in [6.45, 7) is 5.90. The van der Waals surface area contributed by atoms with Gasteiger partial charge in [-0.1, -0.05) is 30.3 Å². The molecule has 0 N–H and O–H groups in total. The molecular weight excluding hydrogens is 504 g/mol. The standard InChI is InChI=1S/C30H36O9/c31-29(23-4-2-1-3-5-23)27-21-26-20-24-6-8-33-10-12-35-14-16-37-18-19-38-17-15-36-13-11-34-9-7-25(24)22-28(26)39-30(27)32/h1-5,20-22H,6-19H2. The Hall–Kier alpha value is -2.92. The summed E-state index contributed by atoms with van der Waals surface area (Å²) in [5, 5.41) is 0.689. The topological polar surface area (TPSA) is 103 Å². The molecule has 0 amide bonds. The van der Waals surface area contributed by atoms with Crippen LogP contribution >= 0.6 is 0 Å². The smallest absolute Gasteiger partial charge is 0.347 e. The van der Waals surface area contributed by atoms with E-state index in [1.807, 2.05) is 18.2 Å². The molecule has 39 heavy (non-hydrogen) atoms. The third-order valence-electron chi connectivity index (χ3n) is 6.23. The second-order valence-corrected chi connectivity index (χ2v) is 8.98. The zero-order chi connectivity index (χ0) is 27.1. The Labute approximate surface area is 227 Å². The van der Waals surface area contributed by atoms with Gasteiger partial charge in [-0.05, 0) is 42.2 Å². The quantitative estimate of drug-likeness (QED) is 0.358. The molecule has 1 aliphatic rings. The second-order valence-electron chi connectivity index (χ2n) is 8.98. The number of ketones is 1. The van der Waals surface area contributed by atoms with E-state index in [9.17, 15) is 9.59 Å². The Morgan fingerprint density at radius 2 is 1.03 bits per heavy atom. The average Bonchev–Trinajstić information content (AvgIpc) is 2.95. The van der Waals surface area contributed by atoms with Crippen molar-refractivity contribution in [2.24, 2.45) is 0 Å². The molecule has 2 aromatic carbocycles. The minimum atomic E-state index is -0.652. The molecule has 210 valence electrons. The molecule has 9 nitrogen and oxygen atoms in total. The number of fused-ring (bicyclic) bond motifs is 2. The van der Waals surface area contributed by atoms with Crippen molar-refractivity contribution in [3.63, 3.8) is 0 Å². The molecule has 0 aliphatic carbocycles. The first kappa shape index (κ1) is 29.1. The van der Waals surface area contributed by atoms with E-state index >= 15 is 0 Å². The summed E-state index contributed by atoms with van der Waals surface area (Å²) in [4.78, 5) is 25.7. The monoisotopic (exact) mass is 540 g/mol. The van der Waals surface area contributed by atoms with E-state index in [0.29, 0.717) is 109 Å². The van der Waals surface area contributed by atoms with Crippen LogP contribution in [0.5, 0.6) is 0 Å². The van der Waals surface area contributed by atoms with Gasteiger partial charge in [-0.2, -0.15) is 0 Å². The summed E-state index contributed by atoms with van der Waals surface area (Å²) in [7, 11) is 0. The Kier molecular flexibility index (Phi) is 12.1. The third kappa shape index (κ3) is 9.35. The third-order valence-corrected chi connectivity index (χ3v) is 6.23. The number of rotatable bonds is 2. The van der Waals surface area contributed by atoms with Gasteiger partial charge in [0.05, 0.1) is 79.3 Å². The fourth-order valence-electron chi connectivity index (χ4n) is 4.19. The largest absolute Gasteiger partial charge is 0.422 e. The lowest BCUT2D eigenvalue weighted by atomic mass is 9.98. The van der Waals surface area contributed by atoms with Crippen molar-refractivity contribution in [1.29, 1.82) is 0 Å². The maximum Gasteiger partial charge on any atom is 0.347 e. The van der Waals surface area contributed by atoms with E-state index in [2.05, 4.69) is 0 Å². The van der Waals surface area contributed by atoms with Crippen LogP contribution in [0.15, 0.2) is 57.7 Å². The van der Waals surface area contributed by atoms with E-state index in [1.54, 1.807) is 30.3 Å². The van der Waals surface area contributed by atoms with Crippen LogP contribution in [0.25, 0.3) is 11.0 Å². The molecular formula is C30H36O9. The number of carbonyl (C=O) groups excluding carboxylic acids is 1. The van der Waals surface area contributed by atoms with Gasteiger partial charge < -0.3 is 32.8 Å². The lowest BCUT2D eigenvalue weighted by Gasteiger charge is -2.13. The maximum absolute atomic E-state index is 13.0. The Bertz CT molecular complexity index is 1220. The van der Waals surface area contributed by atoms with Gasteiger partial charge in [-0.3, -0.25) is 4.79 Å². The van der Waals surface area contributed by atoms with E-state index in [-0.39, 0.29) is 11.3 Å². The molecule has 0 radical (unpaired) electrons. The number of ether oxygens (including phenoxy) is 6. The SMILES string of the molecule is O=C(c1ccccc1)c1cc2cc3c(cc2oc1=O)CCOCCOCCOCCOCCOCCOCC3. The van der Waals surface area contributed by atoms with Crippen molar-refractivity contribution < 1.29 is 37.6 Å². The molecule has 0 bridgehead atoms. The number of carbonyl (C=O) groups is 1. The van der Waals surface area contributed by atoms with Crippen LogP contribution in [0.2, 0.25) is 0 Å². The van der Waals surface area contributed by atoms with Gasteiger partial charge in [0.15, 0.2) is 5.78 Å². The molecule has 9 heteroatoms. The van der Waals surface area contributed by atoms with Crippen LogP contribution < -0.4 is 5.63 Å². The maximum atomic E-state index is 13.0. The molecule has 0 unspecified atom stereocenters. The molecule has 2 heterocycles. The first-order valence-corrected chi connectivity index (χ1v) is 13.4. The van der Waals surface area contributed by atoms with Gasteiger partial charge in [-0.25, -0.2) is 4.79 Å². The molecule has 0 saturated carbocycles. The summed E-state index contributed by atoms with van der Waals surface area (Å²) >= 11 is 0. The predicted molar refractivity (Wildman–Crippen MR) is 145 cm³/mol. The Balaban J connectivity index is 1.47. The van der Waals surface area contributed by atoms with Crippen LogP contribution in [0, 0.1) is 0 Å². The van der Waals surface area contributed by atoms with E-state index < -0.39 is 5.63 Å². The van der Waals surface area contributed by atoms with Crippen LogP contribution in [-0.2, 0) is 41.3 Å². The molecule has 1 aromatic heterocycles. The number of hydrogen-bond donors (Lipinski definition) is 0. The van der Waals surface area contributed by atoms with E-state index in [4.69, 9.17) is 32.8 Å². The zero-order valence-corrected chi connectivity index (χ0v) is 22.2. The predicted octanol–water partition coefficient (Wildman–Crippen LogP) is 3.22. The molecule has 3 aromatic rings. The number of hydrogen-bond acceptors (Lipinski definition) is 9. The lowest BCUT2D eigenvalue weighted by Crippen LogP contribution is -2.16. The van der Waals surface area contributed by atoms with Gasteiger partial charge in [0.2, 0.25) is 0 Å². The molecule has 1 aliphatic heterocycles. The van der Waals surface area contributed by atoms with Crippen molar-refractivity contribution >= 4 is 16.8 Å². The summed E-state index contributed by atoms with van der Waals surface area (Å²) < 4.78 is 39.2. The minimum absolute atomic E-state index is 0.0122. The van der Waals surface area contributed by atoms with Crippen LogP contribution in [0.3, 0.4) is 0 Å². The highest BCUT2D eigenvalue weighted by Gasteiger charge is 2.17. The van der Waals surface area contributed by atoms with Crippen molar-refractivity contribution in [3.8, 4) is 0 Å². The van der Waals surface area contributed by atoms with Crippen LogP contribution in [0.4, 0.5) is 0 Å². The Morgan fingerprint density at radius 3 is 1.54 bits per heavy atom. The average molecular weight is 541 g/mol. The Morgan fingerprint density at radius 1 is 0.564 bits per heavy atom. The van der Waals surface area contributed by atoms with Crippen LogP contribution in [0.1, 0.15) is 27.0 Å². The first-order chi connectivity index (χ1) is 19.2. The summed E-state index contributed by atoms with van der Waals surface area (Å²) in [5.41, 5.74) is 2.28. The van der Waals surface area contributed by atoms with Crippen molar-refractivity contribution in [2.75, 3.05) is 79.3 Å². The molecule has 0 fully saturated rings. The van der Waals surface area contributed by atoms with E-state index in [0.717, 1.165) is 11.1 Å². The van der Waals surface area contributed by atoms with Crippen molar-refractivity contribution in [1.82, 2.24) is 0 Å². The highest BCUT2D eigenvalue weighted by atomic mass is 16.6. The minimum Gasteiger partial charge on any atom is -0.422 e.